The Balaban J connectivity index is 4.38. The minimum atomic E-state index is -0.613. The van der Waals surface area contributed by atoms with Crippen molar-refractivity contribution < 1.29 is 9.53 Å². The molecule has 12 heavy (non-hydrogen) atoms. The highest BCUT2D eigenvalue weighted by atomic mass is 16.5. The summed E-state index contributed by atoms with van der Waals surface area (Å²) in [7, 11) is 0. The molecule has 1 unspecified atom stereocenters. The molecule has 0 rings (SSSR count). The molecule has 0 bridgehead atoms. The van der Waals surface area contributed by atoms with Crippen LogP contribution in [0.4, 0.5) is 0 Å². The van der Waals surface area contributed by atoms with Gasteiger partial charge in [0.2, 0.25) is 0 Å². The summed E-state index contributed by atoms with van der Waals surface area (Å²) in [6, 6.07) is 0. The number of carbonyl (C=O) groups is 1. The van der Waals surface area contributed by atoms with Gasteiger partial charge in [0.25, 0.3) is 0 Å². The predicted molar refractivity (Wildman–Crippen MR) is 49.8 cm³/mol. The van der Waals surface area contributed by atoms with Crippen molar-refractivity contribution in [3.05, 3.63) is 25.3 Å². The molecule has 0 aromatic carbocycles. The Morgan fingerprint density at radius 1 is 1.58 bits per heavy atom. The Kier molecular flexibility index (Phi) is 4.34. The molecule has 0 saturated heterocycles. The number of allylic oxidation sites excluding steroid dienone is 1. The monoisotopic (exact) mass is 168 g/mol. The third-order valence-electron chi connectivity index (χ3n) is 1.76. The van der Waals surface area contributed by atoms with Crippen molar-refractivity contribution in [1.29, 1.82) is 0 Å². The number of hydrogen-bond acceptors (Lipinski definition) is 2. The van der Waals surface area contributed by atoms with E-state index in [4.69, 9.17) is 4.74 Å². The first-order valence-electron chi connectivity index (χ1n) is 4.02. The minimum absolute atomic E-state index is 0.236. The standard InChI is InChI=1S/C10H16O2/c1-5-8-10(4,6-2)9(11)12-7-3/h5-6H,1-2,7-8H2,3-4H3. The van der Waals surface area contributed by atoms with E-state index in [-0.39, 0.29) is 5.97 Å². The van der Waals surface area contributed by atoms with Gasteiger partial charge < -0.3 is 4.74 Å². The SMILES string of the molecule is C=CCC(C)(C=C)C(=O)OCC. The van der Waals surface area contributed by atoms with Gasteiger partial charge in [-0.15, -0.1) is 13.2 Å². The Bertz CT molecular complexity index is 184. The first-order chi connectivity index (χ1) is 5.60. The van der Waals surface area contributed by atoms with Gasteiger partial charge in [-0.05, 0) is 20.3 Å². The zero-order valence-corrected chi connectivity index (χ0v) is 7.80. The van der Waals surface area contributed by atoms with Crippen LogP contribution >= 0.6 is 0 Å². The quantitative estimate of drug-likeness (QED) is 0.465. The van der Waals surface area contributed by atoms with Crippen molar-refractivity contribution in [3.8, 4) is 0 Å². The van der Waals surface area contributed by atoms with Crippen LogP contribution in [-0.2, 0) is 9.53 Å². The third kappa shape index (κ3) is 2.53. The van der Waals surface area contributed by atoms with Gasteiger partial charge in [-0.1, -0.05) is 12.2 Å². The van der Waals surface area contributed by atoms with E-state index in [1.807, 2.05) is 0 Å². The molecule has 2 heteroatoms. The summed E-state index contributed by atoms with van der Waals surface area (Å²) in [5.41, 5.74) is -0.613. The van der Waals surface area contributed by atoms with Gasteiger partial charge in [0, 0.05) is 0 Å². The molecule has 0 spiro atoms. The molecule has 1 atom stereocenters. The van der Waals surface area contributed by atoms with Gasteiger partial charge in [-0.2, -0.15) is 0 Å². The van der Waals surface area contributed by atoms with E-state index in [2.05, 4.69) is 13.2 Å². The first-order valence-corrected chi connectivity index (χ1v) is 4.02. The summed E-state index contributed by atoms with van der Waals surface area (Å²) in [5.74, 6) is -0.236. The average molecular weight is 168 g/mol. The van der Waals surface area contributed by atoms with Crippen LogP contribution in [0, 0.1) is 5.41 Å². The molecule has 0 radical (unpaired) electrons. The van der Waals surface area contributed by atoms with Crippen LogP contribution in [0.1, 0.15) is 20.3 Å². The smallest absolute Gasteiger partial charge is 0.315 e. The minimum Gasteiger partial charge on any atom is -0.465 e. The van der Waals surface area contributed by atoms with E-state index >= 15 is 0 Å². The zero-order valence-electron chi connectivity index (χ0n) is 7.80. The molecule has 0 aliphatic rings. The molecular formula is C10H16O2. The molecule has 2 nitrogen and oxygen atoms in total. The molecule has 0 aromatic heterocycles. The van der Waals surface area contributed by atoms with Gasteiger partial charge >= 0.3 is 5.97 Å². The van der Waals surface area contributed by atoms with E-state index in [1.54, 1.807) is 26.0 Å². The van der Waals surface area contributed by atoms with Crippen molar-refractivity contribution in [2.45, 2.75) is 20.3 Å². The average Bonchev–Trinajstić information content (AvgIpc) is 2.05. The Morgan fingerprint density at radius 3 is 2.50 bits per heavy atom. The summed E-state index contributed by atoms with van der Waals surface area (Å²) in [5, 5.41) is 0. The van der Waals surface area contributed by atoms with Crippen LogP contribution in [-0.4, -0.2) is 12.6 Å². The summed E-state index contributed by atoms with van der Waals surface area (Å²) < 4.78 is 4.89. The van der Waals surface area contributed by atoms with Crippen molar-refractivity contribution >= 4 is 5.97 Å². The maximum Gasteiger partial charge on any atom is 0.315 e. The van der Waals surface area contributed by atoms with Crippen LogP contribution in [0.2, 0.25) is 0 Å². The number of carbonyl (C=O) groups excluding carboxylic acids is 1. The van der Waals surface area contributed by atoms with Crippen molar-refractivity contribution in [1.82, 2.24) is 0 Å². The van der Waals surface area contributed by atoms with Crippen LogP contribution in [0.3, 0.4) is 0 Å². The van der Waals surface area contributed by atoms with Crippen LogP contribution < -0.4 is 0 Å². The van der Waals surface area contributed by atoms with Crippen LogP contribution in [0.5, 0.6) is 0 Å². The molecule has 0 heterocycles. The summed E-state index contributed by atoms with van der Waals surface area (Å²) in [6.07, 6.45) is 3.86. The Morgan fingerprint density at radius 2 is 2.17 bits per heavy atom. The summed E-state index contributed by atoms with van der Waals surface area (Å²) in [4.78, 5) is 11.3. The fraction of sp³-hybridized carbons (Fsp3) is 0.500. The highest BCUT2D eigenvalue weighted by Crippen LogP contribution is 2.24. The maximum atomic E-state index is 11.3. The molecular weight excluding hydrogens is 152 g/mol. The van der Waals surface area contributed by atoms with Gasteiger partial charge in [-0.25, -0.2) is 0 Å². The Labute approximate surface area is 73.9 Å². The highest BCUT2D eigenvalue weighted by molar-refractivity contribution is 5.78. The van der Waals surface area contributed by atoms with E-state index in [9.17, 15) is 4.79 Å². The lowest BCUT2D eigenvalue weighted by Gasteiger charge is -2.21. The molecule has 68 valence electrons. The number of hydrogen-bond donors (Lipinski definition) is 0. The molecule has 0 N–H and O–H groups in total. The lowest BCUT2D eigenvalue weighted by molar-refractivity contribution is -0.151. The van der Waals surface area contributed by atoms with Crippen LogP contribution in [0.25, 0.3) is 0 Å². The highest BCUT2D eigenvalue weighted by Gasteiger charge is 2.29. The summed E-state index contributed by atoms with van der Waals surface area (Å²) in [6.45, 7) is 11.2. The molecule has 0 aliphatic heterocycles. The zero-order chi connectivity index (χ0) is 9.61. The van der Waals surface area contributed by atoms with Crippen molar-refractivity contribution in [3.63, 3.8) is 0 Å². The van der Waals surface area contributed by atoms with E-state index < -0.39 is 5.41 Å². The third-order valence-corrected chi connectivity index (χ3v) is 1.76. The van der Waals surface area contributed by atoms with Crippen LogP contribution in [0.15, 0.2) is 25.3 Å². The lowest BCUT2D eigenvalue weighted by atomic mass is 9.87. The normalized spacial score (nSPS) is 14.5. The van der Waals surface area contributed by atoms with E-state index in [0.29, 0.717) is 13.0 Å². The molecule has 0 aliphatic carbocycles. The van der Waals surface area contributed by atoms with Gasteiger partial charge in [0.15, 0.2) is 0 Å². The molecule has 0 saturated carbocycles. The largest absolute Gasteiger partial charge is 0.465 e. The second-order valence-corrected chi connectivity index (χ2v) is 2.83. The fourth-order valence-electron chi connectivity index (χ4n) is 0.846. The molecule has 0 amide bonds. The molecule has 0 fully saturated rings. The van der Waals surface area contributed by atoms with Gasteiger partial charge in [0.05, 0.1) is 12.0 Å². The maximum absolute atomic E-state index is 11.3. The number of rotatable bonds is 5. The van der Waals surface area contributed by atoms with Crippen molar-refractivity contribution in [2.24, 2.45) is 5.41 Å². The lowest BCUT2D eigenvalue weighted by Crippen LogP contribution is -2.27. The van der Waals surface area contributed by atoms with E-state index in [0.717, 1.165) is 0 Å². The Hall–Kier alpha value is -1.05. The van der Waals surface area contributed by atoms with E-state index in [1.165, 1.54) is 0 Å². The first kappa shape index (κ1) is 11.0. The number of esters is 1. The topological polar surface area (TPSA) is 26.3 Å². The van der Waals surface area contributed by atoms with Gasteiger partial charge in [0.1, 0.15) is 0 Å². The number of ether oxygens (including phenoxy) is 1. The summed E-state index contributed by atoms with van der Waals surface area (Å²) >= 11 is 0. The second kappa shape index (κ2) is 4.75. The molecule has 0 aromatic rings. The predicted octanol–water partition coefficient (Wildman–Crippen LogP) is 2.32. The van der Waals surface area contributed by atoms with Crippen molar-refractivity contribution in [2.75, 3.05) is 6.61 Å². The second-order valence-electron chi connectivity index (χ2n) is 2.83. The fourth-order valence-corrected chi connectivity index (χ4v) is 0.846. The van der Waals surface area contributed by atoms with Gasteiger partial charge in [-0.3, -0.25) is 4.79 Å².